The van der Waals surface area contributed by atoms with Gasteiger partial charge in [0.1, 0.15) is 5.82 Å². The van der Waals surface area contributed by atoms with Crippen LogP contribution in [0.25, 0.3) is 0 Å². The van der Waals surface area contributed by atoms with Crippen molar-refractivity contribution in [3.8, 4) is 0 Å². The number of carbonyl (C=O) groups excluding carboxylic acids is 2. The van der Waals surface area contributed by atoms with Crippen LogP contribution in [0.15, 0.2) is 18.5 Å². The summed E-state index contributed by atoms with van der Waals surface area (Å²) < 4.78 is 13.3. The lowest BCUT2D eigenvalue weighted by molar-refractivity contribution is -0.127. The lowest BCUT2D eigenvalue weighted by Gasteiger charge is -2.36. The quantitative estimate of drug-likeness (QED) is 0.855. The smallest absolute Gasteiger partial charge is 0.255 e. The van der Waals surface area contributed by atoms with Crippen LogP contribution in [-0.2, 0) is 4.79 Å². The Labute approximate surface area is 135 Å². The Hall–Kier alpha value is -1.98. The Bertz CT molecular complexity index is 593. The third kappa shape index (κ3) is 3.68. The van der Waals surface area contributed by atoms with Crippen LogP contribution < -0.4 is 0 Å². The molecule has 6 heteroatoms. The second-order valence-electron chi connectivity index (χ2n) is 6.31. The number of hydrogen-bond donors (Lipinski definition) is 0. The Morgan fingerprint density at radius 2 is 2.13 bits per heavy atom. The fraction of sp³-hybridized carbons (Fsp3) is 0.588. The third-order valence-electron chi connectivity index (χ3n) is 4.74. The van der Waals surface area contributed by atoms with Crippen molar-refractivity contribution in [1.82, 2.24) is 14.8 Å². The van der Waals surface area contributed by atoms with Gasteiger partial charge in [-0.2, -0.15) is 0 Å². The maximum absolute atomic E-state index is 13.3. The van der Waals surface area contributed by atoms with Crippen LogP contribution in [0.2, 0.25) is 0 Å². The van der Waals surface area contributed by atoms with Crippen molar-refractivity contribution in [1.29, 1.82) is 0 Å². The van der Waals surface area contributed by atoms with Crippen LogP contribution in [0.4, 0.5) is 4.39 Å². The first-order chi connectivity index (χ1) is 11.1. The van der Waals surface area contributed by atoms with E-state index in [-0.39, 0.29) is 17.9 Å². The van der Waals surface area contributed by atoms with Crippen molar-refractivity contribution in [3.05, 3.63) is 29.8 Å². The first-order valence-electron chi connectivity index (χ1n) is 8.34. The minimum Gasteiger partial charge on any atom is -0.343 e. The zero-order valence-electron chi connectivity index (χ0n) is 13.2. The average Bonchev–Trinajstić information content (AvgIpc) is 2.97. The van der Waals surface area contributed by atoms with Crippen LogP contribution >= 0.6 is 0 Å². The molecule has 1 atom stereocenters. The van der Waals surface area contributed by atoms with Gasteiger partial charge in [-0.05, 0) is 38.2 Å². The lowest BCUT2D eigenvalue weighted by Crippen LogP contribution is -2.45. The molecular formula is C17H22FN3O2. The molecule has 2 amide bonds. The van der Waals surface area contributed by atoms with E-state index in [0.717, 1.165) is 44.8 Å². The van der Waals surface area contributed by atoms with Gasteiger partial charge in [-0.15, -0.1) is 0 Å². The number of halogens is 1. The van der Waals surface area contributed by atoms with Gasteiger partial charge in [-0.25, -0.2) is 4.39 Å². The normalized spacial score (nSPS) is 21.8. The lowest BCUT2D eigenvalue weighted by atomic mass is 9.98. The van der Waals surface area contributed by atoms with Gasteiger partial charge < -0.3 is 9.80 Å². The molecule has 0 saturated carbocycles. The van der Waals surface area contributed by atoms with Gasteiger partial charge >= 0.3 is 0 Å². The zero-order chi connectivity index (χ0) is 16.2. The largest absolute Gasteiger partial charge is 0.343 e. The highest BCUT2D eigenvalue weighted by atomic mass is 19.1. The summed E-state index contributed by atoms with van der Waals surface area (Å²) in [5.41, 5.74) is 0.300. The summed E-state index contributed by atoms with van der Waals surface area (Å²) in [7, 11) is 0. The number of amides is 2. The third-order valence-corrected chi connectivity index (χ3v) is 4.74. The van der Waals surface area contributed by atoms with E-state index in [0.29, 0.717) is 25.1 Å². The molecule has 124 valence electrons. The molecule has 0 bridgehead atoms. The van der Waals surface area contributed by atoms with Crippen LogP contribution in [0.1, 0.15) is 48.9 Å². The van der Waals surface area contributed by atoms with Crippen LogP contribution in [0.3, 0.4) is 0 Å². The van der Waals surface area contributed by atoms with Crippen LogP contribution in [-0.4, -0.2) is 52.3 Å². The maximum atomic E-state index is 13.3. The van der Waals surface area contributed by atoms with Crippen molar-refractivity contribution in [2.45, 2.75) is 44.6 Å². The number of hydrogen-bond acceptors (Lipinski definition) is 3. The molecule has 1 aromatic rings. The molecule has 0 aliphatic carbocycles. The van der Waals surface area contributed by atoms with Gasteiger partial charge in [0, 0.05) is 38.3 Å². The summed E-state index contributed by atoms with van der Waals surface area (Å²) in [6.07, 6.45) is 7.88. The van der Waals surface area contributed by atoms with E-state index in [1.165, 1.54) is 12.3 Å². The predicted molar refractivity (Wildman–Crippen MR) is 83.3 cm³/mol. The Kier molecular flexibility index (Phi) is 4.88. The molecule has 1 unspecified atom stereocenters. The predicted octanol–water partition coefficient (Wildman–Crippen LogP) is 2.23. The SMILES string of the molecule is O=C1CCCN1CCC1CCCCN1C(=O)c1cncc(F)c1. The first kappa shape index (κ1) is 15.9. The minimum absolute atomic E-state index is 0.118. The summed E-state index contributed by atoms with van der Waals surface area (Å²) in [5.74, 6) is -0.436. The minimum atomic E-state index is -0.493. The topological polar surface area (TPSA) is 53.5 Å². The molecule has 2 fully saturated rings. The Morgan fingerprint density at radius 1 is 1.26 bits per heavy atom. The fourth-order valence-corrected chi connectivity index (χ4v) is 3.51. The van der Waals surface area contributed by atoms with Crippen molar-refractivity contribution in [3.63, 3.8) is 0 Å². The molecule has 2 saturated heterocycles. The molecule has 23 heavy (non-hydrogen) atoms. The van der Waals surface area contributed by atoms with E-state index >= 15 is 0 Å². The molecule has 0 aromatic carbocycles. The molecular weight excluding hydrogens is 297 g/mol. The van der Waals surface area contributed by atoms with Gasteiger partial charge in [0.2, 0.25) is 5.91 Å². The maximum Gasteiger partial charge on any atom is 0.255 e. The van der Waals surface area contributed by atoms with Crippen molar-refractivity contribution < 1.29 is 14.0 Å². The number of nitrogens with zero attached hydrogens (tertiary/aromatic N) is 3. The molecule has 5 nitrogen and oxygen atoms in total. The highest BCUT2D eigenvalue weighted by Gasteiger charge is 2.29. The van der Waals surface area contributed by atoms with E-state index in [2.05, 4.69) is 4.98 Å². The first-order valence-corrected chi connectivity index (χ1v) is 8.34. The molecule has 0 radical (unpaired) electrons. The van der Waals surface area contributed by atoms with E-state index < -0.39 is 5.82 Å². The van der Waals surface area contributed by atoms with E-state index in [9.17, 15) is 14.0 Å². The number of likely N-dealkylation sites (tertiary alicyclic amines) is 2. The summed E-state index contributed by atoms with van der Waals surface area (Å²) in [5, 5.41) is 0. The van der Waals surface area contributed by atoms with E-state index in [4.69, 9.17) is 0 Å². The van der Waals surface area contributed by atoms with Gasteiger partial charge in [0.25, 0.3) is 5.91 Å². The number of pyridine rings is 1. The highest BCUT2D eigenvalue weighted by Crippen LogP contribution is 2.23. The molecule has 2 aliphatic heterocycles. The van der Waals surface area contributed by atoms with Crippen LogP contribution in [0, 0.1) is 5.82 Å². The van der Waals surface area contributed by atoms with Gasteiger partial charge in [-0.3, -0.25) is 14.6 Å². The number of carbonyl (C=O) groups is 2. The zero-order valence-corrected chi connectivity index (χ0v) is 13.2. The van der Waals surface area contributed by atoms with Gasteiger partial charge in [-0.1, -0.05) is 0 Å². The molecule has 3 rings (SSSR count). The molecule has 2 aliphatic rings. The van der Waals surface area contributed by atoms with E-state index in [1.807, 2.05) is 9.80 Å². The summed E-state index contributed by atoms with van der Waals surface area (Å²) in [6.45, 7) is 2.22. The second-order valence-corrected chi connectivity index (χ2v) is 6.31. The van der Waals surface area contributed by atoms with Crippen molar-refractivity contribution >= 4 is 11.8 Å². The van der Waals surface area contributed by atoms with Crippen molar-refractivity contribution in [2.24, 2.45) is 0 Å². The fourth-order valence-electron chi connectivity index (χ4n) is 3.51. The molecule has 3 heterocycles. The number of aromatic nitrogens is 1. The molecule has 0 spiro atoms. The summed E-state index contributed by atoms with van der Waals surface area (Å²) in [4.78, 5) is 31.9. The number of piperidine rings is 1. The highest BCUT2D eigenvalue weighted by molar-refractivity contribution is 5.94. The Morgan fingerprint density at radius 3 is 2.87 bits per heavy atom. The number of rotatable bonds is 4. The van der Waals surface area contributed by atoms with Crippen molar-refractivity contribution in [2.75, 3.05) is 19.6 Å². The van der Waals surface area contributed by atoms with Crippen LogP contribution in [0.5, 0.6) is 0 Å². The second kappa shape index (κ2) is 7.06. The van der Waals surface area contributed by atoms with Gasteiger partial charge in [0.15, 0.2) is 0 Å². The summed E-state index contributed by atoms with van der Waals surface area (Å²) in [6, 6.07) is 1.36. The van der Waals surface area contributed by atoms with E-state index in [1.54, 1.807) is 0 Å². The Balaban J connectivity index is 1.66. The molecule has 0 N–H and O–H groups in total. The van der Waals surface area contributed by atoms with Gasteiger partial charge in [0.05, 0.1) is 11.8 Å². The molecule has 1 aromatic heterocycles. The monoisotopic (exact) mass is 319 g/mol. The standard InChI is InChI=1S/C17H22FN3O2/c18-14-10-13(11-19-12-14)17(23)21-8-2-1-4-15(21)6-9-20-7-3-5-16(20)22/h10-12,15H,1-9H2. The summed E-state index contributed by atoms with van der Waals surface area (Å²) >= 11 is 0. The average molecular weight is 319 g/mol.